The number of carbonyl (C=O) groups excluding carboxylic acids is 3. The van der Waals surface area contributed by atoms with Gasteiger partial charge in [-0.15, -0.1) is 0 Å². The van der Waals surface area contributed by atoms with Crippen molar-refractivity contribution in [3.8, 4) is 0 Å². The zero-order chi connectivity index (χ0) is 13.3. The summed E-state index contributed by atoms with van der Waals surface area (Å²) in [5.41, 5.74) is 2.22. The first-order valence-electron chi connectivity index (χ1n) is 5.41. The van der Waals surface area contributed by atoms with Crippen molar-refractivity contribution >= 4 is 33.7 Å². The fourth-order valence-electron chi connectivity index (χ4n) is 1.12. The number of carbonyl (C=O) groups is 3. The molecule has 0 saturated heterocycles. The highest BCUT2D eigenvalue weighted by Crippen LogP contribution is 2.02. The average molecular weight is 305 g/mol. The molecule has 0 unspecified atom stereocenters. The SMILES string of the molecule is C=CC(=O)N(NC(=O)CBr)C(=O)CCCCC. The van der Waals surface area contributed by atoms with E-state index in [2.05, 4.69) is 27.9 Å². The Balaban J connectivity index is 4.45. The third kappa shape index (κ3) is 6.21. The van der Waals surface area contributed by atoms with E-state index in [1.54, 1.807) is 0 Å². The minimum absolute atomic E-state index is 0.0240. The normalized spacial score (nSPS) is 9.53. The fourth-order valence-corrected chi connectivity index (χ4v) is 1.25. The summed E-state index contributed by atoms with van der Waals surface area (Å²) in [6, 6.07) is 0. The summed E-state index contributed by atoms with van der Waals surface area (Å²) in [6.45, 7) is 5.30. The third-order valence-electron chi connectivity index (χ3n) is 2.00. The maximum Gasteiger partial charge on any atom is 0.271 e. The molecule has 96 valence electrons. The third-order valence-corrected chi connectivity index (χ3v) is 2.51. The summed E-state index contributed by atoms with van der Waals surface area (Å²) in [7, 11) is 0. The van der Waals surface area contributed by atoms with Crippen molar-refractivity contribution in [3.05, 3.63) is 12.7 Å². The van der Waals surface area contributed by atoms with Gasteiger partial charge < -0.3 is 0 Å². The summed E-state index contributed by atoms with van der Waals surface area (Å²) in [5, 5.41) is 0.739. The van der Waals surface area contributed by atoms with Gasteiger partial charge in [0.2, 0.25) is 11.8 Å². The first kappa shape index (κ1) is 15.8. The number of nitrogens with one attached hydrogen (secondary N) is 1. The van der Waals surface area contributed by atoms with E-state index in [1.807, 2.05) is 6.92 Å². The highest BCUT2D eigenvalue weighted by Gasteiger charge is 2.20. The summed E-state index contributed by atoms with van der Waals surface area (Å²) in [4.78, 5) is 34.2. The van der Waals surface area contributed by atoms with Crippen molar-refractivity contribution in [2.45, 2.75) is 32.6 Å². The Morgan fingerprint density at radius 3 is 2.47 bits per heavy atom. The lowest BCUT2D eigenvalue weighted by Gasteiger charge is -2.19. The van der Waals surface area contributed by atoms with E-state index in [4.69, 9.17) is 0 Å². The van der Waals surface area contributed by atoms with Crippen LogP contribution in [0.5, 0.6) is 0 Å². The highest BCUT2D eigenvalue weighted by atomic mass is 79.9. The molecule has 0 saturated carbocycles. The molecule has 17 heavy (non-hydrogen) atoms. The molecule has 0 bridgehead atoms. The molecule has 0 aliphatic rings. The van der Waals surface area contributed by atoms with E-state index in [0.29, 0.717) is 11.4 Å². The van der Waals surface area contributed by atoms with Crippen LogP contribution in [0.2, 0.25) is 0 Å². The molecular formula is C11H17BrN2O3. The molecule has 0 radical (unpaired) electrons. The van der Waals surface area contributed by atoms with Gasteiger partial charge in [-0.3, -0.25) is 19.8 Å². The van der Waals surface area contributed by atoms with Crippen LogP contribution in [0, 0.1) is 0 Å². The number of nitrogens with zero attached hydrogens (tertiary/aromatic N) is 1. The van der Waals surface area contributed by atoms with E-state index < -0.39 is 17.7 Å². The van der Waals surface area contributed by atoms with Gasteiger partial charge >= 0.3 is 0 Å². The molecule has 0 spiro atoms. The Labute approximate surface area is 109 Å². The molecular weight excluding hydrogens is 288 g/mol. The van der Waals surface area contributed by atoms with Crippen molar-refractivity contribution in [3.63, 3.8) is 0 Å². The molecule has 0 aliphatic heterocycles. The van der Waals surface area contributed by atoms with Crippen LogP contribution in [0.1, 0.15) is 32.6 Å². The minimum Gasteiger partial charge on any atom is -0.273 e. The molecule has 0 heterocycles. The van der Waals surface area contributed by atoms with Gasteiger partial charge in [-0.05, 0) is 12.5 Å². The Bertz CT molecular complexity index is 305. The number of unbranched alkanes of at least 4 members (excludes halogenated alkanes) is 2. The smallest absolute Gasteiger partial charge is 0.271 e. The molecule has 6 heteroatoms. The Kier molecular flexibility index (Phi) is 8.31. The largest absolute Gasteiger partial charge is 0.273 e. The van der Waals surface area contributed by atoms with E-state index in [9.17, 15) is 14.4 Å². The van der Waals surface area contributed by atoms with Gasteiger partial charge in [0.15, 0.2) is 0 Å². The van der Waals surface area contributed by atoms with E-state index >= 15 is 0 Å². The molecule has 0 aliphatic carbocycles. The predicted octanol–water partition coefficient (Wildman–Crippen LogP) is 1.53. The van der Waals surface area contributed by atoms with E-state index in [-0.39, 0.29) is 11.8 Å². The summed E-state index contributed by atoms with van der Waals surface area (Å²) in [5.74, 6) is -1.50. The Morgan fingerprint density at radius 1 is 1.35 bits per heavy atom. The van der Waals surface area contributed by atoms with Gasteiger partial charge in [0, 0.05) is 6.42 Å². The quantitative estimate of drug-likeness (QED) is 0.350. The molecule has 0 rings (SSSR count). The van der Waals surface area contributed by atoms with Gasteiger partial charge in [-0.25, -0.2) is 0 Å². The van der Waals surface area contributed by atoms with Crippen molar-refractivity contribution in [1.82, 2.24) is 10.4 Å². The van der Waals surface area contributed by atoms with Gasteiger partial charge in [-0.2, -0.15) is 5.01 Å². The molecule has 1 N–H and O–H groups in total. The van der Waals surface area contributed by atoms with Crippen LogP contribution >= 0.6 is 15.9 Å². The fraction of sp³-hybridized carbons (Fsp3) is 0.545. The number of amides is 3. The minimum atomic E-state index is -0.624. The second-order valence-corrected chi connectivity index (χ2v) is 3.96. The Morgan fingerprint density at radius 2 is 2.00 bits per heavy atom. The van der Waals surface area contributed by atoms with Gasteiger partial charge in [0.1, 0.15) is 0 Å². The average Bonchev–Trinajstić information content (AvgIpc) is 2.34. The monoisotopic (exact) mass is 304 g/mol. The van der Waals surface area contributed by atoms with Gasteiger partial charge in [-0.1, -0.05) is 42.3 Å². The molecule has 0 aromatic rings. The van der Waals surface area contributed by atoms with Crippen LogP contribution in [-0.2, 0) is 14.4 Å². The molecule has 0 atom stereocenters. The molecule has 0 aromatic heterocycles. The predicted molar refractivity (Wildman–Crippen MR) is 68.1 cm³/mol. The van der Waals surface area contributed by atoms with Crippen molar-refractivity contribution in [2.75, 3.05) is 5.33 Å². The number of hydrogen-bond donors (Lipinski definition) is 1. The van der Waals surface area contributed by atoms with Crippen LogP contribution in [0.15, 0.2) is 12.7 Å². The van der Waals surface area contributed by atoms with Crippen molar-refractivity contribution < 1.29 is 14.4 Å². The van der Waals surface area contributed by atoms with Crippen LogP contribution < -0.4 is 5.43 Å². The summed E-state index contributed by atoms with van der Waals surface area (Å²) in [6.07, 6.45) is 3.81. The van der Waals surface area contributed by atoms with Crippen LogP contribution in [0.3, 0.4) is 0 Å². The van der Waals surface area contributed by atoms with Crippen LogP contribution in [0.4, 0.5) is 0 Å². The zero-order valence-electron chi connectivity index (χ0n) is 9.87. The molecule has 0 aromatic carbocycles. The summed E-state index contributed by atoms with van der Waals surface area (Å²) < 4.78 is 0. The number of alkyl halides is 1. The number of imide groups is 1. The molecule has 3 amide bonds. The second-order valence-electron chi connectivity index (χ2n) is 3.40. The first-order valence-corrected chi connectivity index (χ1v) is 6.53. The van der Waals surface area contributed by atoms with Gasteiger partial charge in [0.05, 0.1) is 5.33 Å². The maximum atomic E-state index is 11.7. The standard InChI is InChI=1S/C11H17BrN2O3/c1-3-5-6-7-11(17)14(10(16)4-2)13-9(15)8-12/h4H,2-3,5-8H2,1H3,(H,13,15). The second kappa shape index (κ2) is 8.92. The van der Waals surface area contributed by atoms with Crippen LogP contribution in [0.25, 0.3) is 0 Å². The molecule has 0 fully saturated rings. The van der Waals surface area contributed by atoms with E-state index in [1.165, 1.54) is 0 Å². The Hall–Kier alpha value is -1.17. The lowest BCUT2D eigenvalue weighted by molar-refractivity contribution is -0.150. The number of hydrazine groups is 1. The lowest BCUT2D eigenvalue weighted by atomic mass is 10.2. The first-order chi connectivity index (χ1) is 8.06. The summed E-state index contributed by atoms with van der Waals surface area (Å²) >= 11 is 2.94. The van der Waals surface area contributed by atoms with E-state index in [0.717, 1.165) is 18.9 Å². The van der Waals surface area contributed by atoms with Gasteiger partial charge in [0.25, 0.3) is 5.91 Å². The highest BCUT2D eigenvalue weighted by molar-refractivity contribution is 9.09. The number of rotatable bonds is 6. The van der Waals surface area contributed by atoms with Crippen molar-refractivity contribution in [1.29, 1.82) is 0 Å². The number of halogens is 1. The number of hydrogen-bond acceptors (Lipinski definition) is 3. The topological polar surface area (TPSA) is 66.5 Å². The van der Waals surface area contributed by atoms with Crippen LogP contribution in [-0.4, -0.2) is 28.1 Å². The van der Waals surface area contributed by atoms with Crippen molar-refractivity contribution in [2.24, 2.45) is 0 Å². The zero-order valence-corrected chi connectivity index (χ0v) is 11.5. The maximum absolute atomic E-state index is 11.7. The lowest BCUT2D eigenvalue weighted by Crippen LogP contribution is -2.49. The molecule has 5 nitrogen and oxygen atoms in total.